The second-order valence-electron chi connectivity index (χ2n) is 8.59. The molecule has 1 fully saturated rings. The molecule has 2 aromatic carbocycles. The molecule has 7 nitrogen and oxygen atoms in total. The summed E-state index contributed by atoms with van der Waals surface area (Å²) in [4.78, 5) is 26.3. The van der Waals surface area contributed by atoms with Crippen LogP contribution in [0.15, 0.2) is 48.7 Å². The number of ether oxygens (including phenoxy) is 2. The number of benzene rings is 2. The van der Waals surface area contributed by atoms with Crippen LogP contribution >= 0.6 is 0 Å². The summed E-state index contributed by atoms with van der Waals surface area (Å²) in [7, 11) is 3.24. The molecule has 1 aliphatic carbocycles. The first-order chi connectivity index (χ1) is 16.6. The first kappa shape index (κ1) is 22.1. The third-order valence-corrected chi connectivity index (χ3v) is 6.66. The summed E-state index contributed by atoms with van der Waals surface area (Å²) in [6.45, 7) is 2.70. The van der Waals surface area contributed by atoms with Gasteiger partial charge in [-0.2, -0.15) is 0 Å². The van der Waals surface area contributed by atoms with Gasteiger partial charge < -0.3 is 19.3 Å². The Morgan fingerprint density at radius 1 is 0.971 bits per heavy atom. The molecule has 1 saturated heterocycles. The van der Waals surface area contributed by atoms with Crippen molar-refractivity contribution in [3.63, 3.8) is 0 Å². The Balaban J connectivity index is 1.34. The Labute approximate surface area is 198 Å². The quantitative estimate of drug-likeness (QED) is 0.570. The lowest BCUT2D eigenvalue weighted by Gasteiger charge is -2.36. The van der Waals surface area contributed by atoms with E-state index in [2.05, 4.69) is 9.88 Å². The number of halogens is 1. The molecule has 5 rings (SSSR count). The van der Waals surface area contributed by atoms with Crippen LogP contribution in [0.25, 0.3) is 0 Å². The Kier molecular flexibility index (Phi) is 6.04. The van der Waals surface area contributed by atoms with Crippen molar-refractivity contribution >= 4 is 17.4 Å². The maximum Gasteiger partial charge on any atom is 0.225 e. The summed E-state index contributed by atoms with van der Waals surface area (Å²) in [6, 6.07) is 12.5. The molecule has 0 amide bonds. The lowest BCUT2D eigenvalue weighted by molar-refractivity contribution is 0.0962. The zero-order valence-corrected chi connectivity index (χ0v) is 19.3. The van der Waals surface area contributed by atoms with E-state index < -0.39 is 0 Å². The molecule has 0 N–H and O–H groups in total. The number of Topliss-reactive ketones (excluding diaryl/α,β-unsaturated/α-hetero) is 1. The summed E-state index contributed by atoms with van der Waals surface area (Å²) in [6.07, 6.45) is 2.68. The van der Waals surface area contributed by atoms with E-state index in [4.69, 9.17) is 14.5 Å². The number of hydrogen-bond donors (Lipinski definition) is 0. The van der Waals surface area contributed by atoms with Crippen LogP contribution in [0.1, 0.15) is 34.0 Å². The zero-order chi connectivity index (χ0) is 23.7. The van der Waals surface area contributed by atoms with Crippen LogP contribution in [-0.4, -0.2) is 56.1 Å². The van der Waals surface area contributed by atoms with Crippen molar-refractivity contribution in [3.8, 4) is 11.5 Å². The van der Waals surface area contributed by atoms with Gasteiger partial charge in [-0.3, -0.25) is 4.79 Å². The molecule has 0 spiro atoms. The summed E-state index contributed by atoms with van der Waals surface area (Å²) in [5.41, 5.74) is 2.95. The highest BCUT2D eigenvalue weighted by Gasteiger charge is 2.31. The molecule has 176 valence electrons. The minimum Gasteiger partial charge on any atom is -0.497 e. The van der Waals surface area contributed by atoms with Crippen molar-refractivity contribution in [1.29, 1.82) is 0 Å². The van der Waals surface area contributed by atoms with Gasteiger partial charge in [0.15, 0.2) is 5.78 Å². The molecular formula is C26H27FN4O3. The van der Waals surface area contributed by atoms with Crippen LogP contribution in [0.3, 0.4) is 0 Å². The number of nitrogens with zero attached hydrogens (tertiary/aromatic N) is 4. The summed E-state index contributed by atoms with van der Waals surface area (Å²) in [5.74, 6) is 1.84. The molecule has 0 radical (unpaired) electrons. The second kappa shape index (κ2) is 9.29. The van der Waals surface area contributed by atoms with Crippen LogP contribution in [0.4, 0.5) is 16.0 Å². The lowest BCUT2D eigenvalue weighted by Crippen LogP contribution is -2.47. The molecular weight excluding hydrogens is 435 g/mol. The van der Waals surface area contributed by atoms with Crippen molar-refractivity contribution in [3.05, 3.63) is 71.3 Å². The van der Waals surface area contributed by atoms with E-state index in [0.717, 1.165) is 11.3 Å². The third kappa shape index (κ3) is 4.16. The van der Waals surface area contributed by atoms with Gasteiger partial charge in [0.1, 0.15) is 17.3 Å². The van der Waals surface area contributed by atoms with Crippen molar-refractivity contribution in [2.75, 3.05) is 50.2 Å². The minimum atomic E-state index is -0.209. The largest absolute Gasteiger partial charge is 0.497 e. The number of para-hydroxylation sites is 1. The summed E-state index contributed by atoms with van der Waals surface area (Å²) >= 11 is 0. The van der Waals surface area contributed by atoms with E-state index in [0.29, 0.717) is 67.7 Å². The molecule has 0 saturated carbocycles. The van der Waals surface area contributed by atoms with Crippen molar-refractivity contribution in [1.82, 2.24) is 9.97 Å². The van der Waals surface area contributed by atoms with E-state index >= 15 is 0 Å². The highest BCUT2D eigenvalue weighted by atomic mass is 19.1. The van der Waals surface area contributed by atoms with Crippen LogP contribution in [0.5, 0.6) is 11.5 Å². The highest BCUT2D eigenvalue weighted by Crippen LogP contribution is 2.38. The van der Waals surface area contributed by atoms with E-state index in [1.54, 1.807) is 32.5 Å². The van der Waals surface area contributed by atoms with E-state index in [1.807, 2.05) is 29.2 Å². The van der Waals surface area contributed by atoms with Gasteiger partial charge in [-0.05, 0) is 30.2 Å². The molecule has 1 aliphatic heterocycles. The van der Waals surface area contributed by atoms with Crippen molar-refractivity contribution < 1.29 is 18.7 Å². The average molecular weight is 463 g/mol. The maximum absolute atomic E-state index is 14.2. The Hall–Kier alpha value is -3.68. The number of hydrogen-bond acceptors (Lipinski definition) is 7. The van der Waals surface area contributed by atoms with E-state index in [9.17, 15) is 9.18 Å². The standard InChI is InChI=1S/C26H27FN4O3/c1-33-18-7-8-19(25(15-18)34-2)17-13-22-20(24(32)14-17)16-28-26(29-22)31-11-9-30(10-12-31)23-6-4-3-5-21(23)27/h3-8,15-17H,9-14H2,1-2H3/t17-/m1/s1. The van der Waals surface area contributed by atoms with E-state index in [-0.39, 0.29) is 17.5 Å². The van der Waals surface area contributed by atoms with Crippen LogP contribution < -0.4 is 19.3 Å². The fraction of sp³-hybridized carbons (Fsp3) is 0.346. The van der Waals surface area contributed by atoms with E-state index in [1.165, 1.54) is 6.07 Å². The number of piperazine rings is 1. The predicted octanol–water partition coefficient (Wildman–Crippen LogP) is 3.87. The molecule has 0 unspecified atom stereocenters. The van der Waals surface area contributed by atoms with Crippen molar-refractivity contribution in [2.45, 2.75) is 18.8 Å². The maximum atomic E-state index is 14.2. The average Bonchev–Trinajstić information content (AvgIpc) is 2.88. The zero-order valence-electron chi connectivity index (χ0n) is 19.3. The second-order valence-corrected chi connectivity index (χ2v) is 8.59. The van der Waals surface area contributed by atoms with Gasteiger partial charge in [0.25, 0.3) is 0 Å². The summed E-state index contributed by atoms with van der Waals surface area (Å²) in [5, 5.41) is 0. The number of ketones is 1. The molecule has 8 heteroatoms. The number of carbonyl (C=O) groups is 1. The topological polar surface area (TPSA) is 67.8 Å². The molecule has 0 bridgehead atoms. The third-order valence-electron chi connectivity index (χ3n) is 6.66. The number of anilines is 2. The number of carbonyl (C=O) groups excluding carboxylic acids is 1. The normalized spacial score (nSPS) is 18.0. The lowest BCUT2D eigenvalue weighted by atomic mass is 9.82. The Morgan fingerprint density at radius 3 is 2.47 bits per heavy atom. The molecule has 34 heavy (non-hydrogen) atoms. The number of fused-ring (bicyclic) bond motifs is 1. The molecule has 2 heterocycles. The van der Waals surface area contributed by atoms with Gasteiger partial charge in [-0.25, -0.2) is 14.4 Å². The monoisotopic (exact) mass is 462 g/mol. The first-order valence-electron chi connectivity index (χ1n) is 11.4. The molecule has 1 atom stereocenters. The smallest absolute Gasteiger partial charge is 0.225 e. The fourth-order valence-corrected chi connectivity index (χ4v) is 4.82. The first-order valence-corrected chi connectivity index (χ1v) is 11.4. The van der Waals surface area contributed by atoms with Gasteiger partial charge in [0, 0.05) is 50.8 Å². The van der Waals surface area contributed by atoms with Crippen LogP contribution in [0, 0.1) is 5.82 Å². The molecule has 2 aliphatic rings. The van der Waals surface area contributed by atoms with Crippen molar-refractivity contribution in [2.24, 2.45) is 0 Å². The van der Waals surface area contributed by atoms with Gasteiger partial charge in [-0.15, -0.1) is 0 Å². The fourth-order valence-electron chi connectivity index (χ4n) is 4.82. The van der Waals surface area contributed by atoms with Crippen LogP contribution in [0.2, 0.25) is 0 Å². The van der Waals surface area contributed by atoms with Gasteiger partial charge in [-0.1, -0.05) is 18.2 Å². The summed E-state index contributed by atoms with van der Waals surface area (Å²) < 4.78 is 25.0. The van der Waals surface area contributed by atoms with Gasteiger partial charge in [0.05, 0.1) is 31.2 Å². The molecule has 3 aromatic rings. The Bertz CT molecular complexity index is 1210. The highest BCUT2D eigenvalue weighted by molar-refractivity contribution is 5.98. The van der Waals surface area contributed by atoms with Gasteiger partial charge in [0.2, 0.25) is 5.95 Å². The predicted molar refractivity (Wildman–Crippen MR) is 128 cm³/mol. The molecule has 1 aromatic heterocycles. The number of aromatic nitrogens is 2. The van der Waals surface area contributed by atoms with Crippen LogP contribution in [-0.2, 0) is 6.42 Å². The minimum absolute atomic E-state index is 0.0264. The SMILES string of the molecule is COc1ccc([C@H]2CC(=O)c3cnc(N4CCN(c5ccccc5F)CC4)nc3C2)c(OC)c1. The number of rotatable bonds is 5. The Morgan fingerprint density at radius 2 is 1.74 bits per heavy atom. The van der Waals surface area contributed by atoms with Gasteiger partial charge >= 0.3 is 0 Å². The number of methoxy groups -OCH3 is 2.